The van der Waals surface area contributed by atoms with E-state index in [0.717, 1.165) is 13.0 Å². The Morgan fingerprint density at radius 3 is 2.59 bits per heavy atom. The molecule has 1 unspecified atom stereocenters. The van der Waals surface area contributed by atoms with Crippen LogP contribution in [0.25, 0.3) is 0 Å². The van der Waals surface area contributed by atoms with E-state index >= 15 is 0 Å². The van der Waals surface area contributed by atoms with Crippen molar-refractivity contribution in [1.82, 2.24) is 4.57 Å². The molecule has 0 radical (unpaired) electrons. The van der Waals surface area contributed by atoms with Gasteiger partial charge in [-0.2, -0.15) is 0 Å². The molecule has 17 heavy (non-hydrogen) atoms. The fraction of sp³-hybridized carbons (Fsp3) is 0.286. The molecule has 0 aliphatic carbocycles. The number of nitrogens with zero attached hydrogens (tertiary/aromatic N) is 1. The molecule has 1 aromatic heterocycles. The van der Waals surface area contributed by atoms with Crippen LogP contribution < -0.4 is 5.73 Å². The number of nitrogens with two attached hydrogens (primary N) is 1. The molecule has 0 amide bonds. The van der Waals surface area contributed by atoms with Crippen LogP contribution in [-0.4, -0.2) is 4.57 Å². The van der Waals surface area contributed by atoms with E-state index in [1.807, 2.05) is 0 Å². The van der Waals surface area contributed by atoms with Gasteiger partial charge in [-0.15, -0.1) is 0 Å². The summed E-state index contributed by atoms with van der Waals surface area (Å²) in [6, 6.07) is 10.9. The van der Waals surface area contributed by atoms with Gasteiger partial charge in [-0.25, -0.2) is 0 Å². The molecular formula is C14H17IN2. The summed E-state index contributed by atoms with van der Waals surface area (Å²) in [5.74, 6) is 0. The standard InChI is InChI=1S/C14H17IN2/c1-2-14(16)12-7-8-17(10-12)9-11-3-5-13(15)6-4-11/h3-8,10,14H,2,9,16H2,1H3. The molecule has 1 heterocycles. The van der Waals surface area contributed by atoms with E-state index in [9.17, 15) is 0 Å². The second-order valence-electron chi connectivity index (χ2n) is 4.26. The molecule has 2 aromatic rings. The number of halogens is 1. The zero-order valence-corrected chi connectivity index (χ0v) is 12.1. The largest absolute Gasteiger partial charge is 0.350 e. The molecule has 3 heteroatoms. The van der Waals surface area contributed by atoms with Crippen molar-refractivity contribution in [2.45, 2.75) is 25.9 Å². The molecule has 0 bridgehead atoms. The molecule has 2 N–H and O–H groups in total. The molecule has 90 valence electrons. The first-order chi connectivity index (χ1) is 8.19. The van der Waals surface area contributed by atoms with Gasteiger partial charge in [0.05, 0.1) is 0 Å². The van der Waals surface area contributed by atoms with Crippen LogP contribution in [0.5, 0.6) is 0 Å². The molecule has 2 rings (SSSR count). The van der Waals surface area contributed by atoms with E-state index < -0.39 is 0 Å². The van der Waals surface area contributed by atoms with Crippen LogP contribution in [0.2, 0.25) is 0 Å². The maximum Gasteiger partial charge on any atom is 0.0470 e. The Bertz CT molecular complexity index is 473. The minimum absolute atomic E-state index is 0.160. The Kier molecular flexibility index (Phi) is 4.23. The minimum Gasteiger partial charge on any atom is -0.350 e. The number of aromatic nitrogens is 1. The fourth-order valence-electron chi connectivity index (χ4n) is 1.81. The summed E-state index contributed by atoms with van der Waals surface area (Å²) in [5, 5.41) is 0. The summed E-state index contributed by atoms with van der Waals surface area (Å²) >= 11 is 2.32. The molecule has 0 aliphatic rings. The lowest BCUT2D eigenvalue weighted by Crippen LogP contribution is -2.07. The third-order valence-corrected chi connectivity index (χ3v) is 3.64. The summed E-state index contributed by atoms with van der Waals surface area (Å²) in [5.41, 5.74) is 8.54. The Balaban J connectivity index is 2.08. The average Bonchev–Trinajstić information content (AvgIpc) is 2.80. The number of benzene rings is 1. The van der Waals surface area contributed by atoms with Gasteiger partial charge in [0.2, 0.25) is 0 Å². The zero-order chi connectivity index (χ0) is 12.3. The van der Waals surface area contributed by atoms with Crippen molar-refractivity contribution in [2.75, 3.05) is 0 Å². The van der Waals surface area contributed by atoms with Gasteiger partial charge in [-0.3, -0.25) is 0 Å². The van der Waals surface area contributed by atoms with Crippen LogP contribution in [0.4, 0.5) is 0 Å². The van der Waals surface area contributed by atoms with Crippen molar-refractivity contribution < 1.29 is 0 Å². The van der Waals surface area contributed by atoms with E-state index in [4.69, 9.17) is 5.73 Å². The maximum absolute atomic E-state index is 6.01. The Morgan fingerprint density at radius 1 is 1.24 bits per heavy atom. The summed E-state index contributed by atoms with van der Waals surface area (Å²) in [6.07, 6.45) is 5.22. The van der Waals surface area contributed by atoms with Gasteiger partial charge in [0, 0.05) is 28.6 Å². The first-order valence-corrected chi connectivity index (χ1v) is 6.92. The molecule has 2 nitrogen and oxygen atoms in total. The highest BCUT2D eigenvalue weighted by Crippen LogP contribution is 2.15. The molecule has 0 fully saturated rings. The average molecular weight is 340 g/mol. The van der Waals surface area contributed by atoms with Crippen LogP contribution in [-0.2, 0) is 6.54 Å². The number of rotatable bonds is 4. The van der Waals surface area contributed by atoms with E-state index in [1.165, 1.54) is 14.7 Å². The van der Waals surface area contributed by atoms with Crippen molar-refractivity contribution in [3.8, 4) is 0 Å². The maximum atomic E-state index is 6.01. The van der Waals surface area contributed by atoms with Crippen LogP contribution >= 0.6 is 22.6 Å². The number of hydrogen-bond acceptors (Lipinski definition) is 1. The smallest absolute Gasteiger partial charge is 0.0470 e. The third kappa shape index (κ3) is 3.33. The molecule has 0 saturated carbocycles. The zero-order valence-electron chi connectivity index (χ0n) is 9.94. The van der Waals surface area contributed by atoms with E-state index in [1.54, 1.807) is 0 Å². The predicted molar refractivity (Wildman–Crippen MR) is 79.9 cm³/mol. The van der Waals surface area contributed by atoms with Crippen LogP contribution in [0.1, 0.15) is 30.5 Å². The highest BCUT2D eigenvalue weighted by Gasteiger charge is 2.04. The Morgan fingerprint density at radius 2 is 1.94 bits per heavy atom. The Labute approximate surface area is 116 Å². The van der Waals surface area contributed by atoms with Gasteiger partial charge in [0.1, 0.15) is 0 Å². The second kappa shape index (κ2) is 5.69. The fourth-order valence-corrected chi connectivity index (χ4v) is 2.17. The van der Waals surface area contributed by atoms with Gasteiger partial charge in [0.25, 0.3) is 0 Å². The lowest BCUT2D eigenvalue weighted by atomic mass is 10.1. The predicted octanol–water partition coefficient (Wildman–Crippen LogP) is 3.55. The van der Waals surface area contributed by atoms with Gasteiger partial charge in [-0.1, -0.05) is 19.1 Å². The quantitative estimate of drug-likeness (QED) is 0.848. The summed E-state index contributed by atoms with van der Waals surface area (Å²) in [6.45, 7) is 3.02. The second-order valence-corrected chi connectivity index (χ2v) is 5.50. The number of hydrogen-bond donors (Lipinski definition) is 1. The monoisotopic (exact) mass is 340 g/mol. The topological polar surface area (TPSA) is 30.9 Å². The van der Waals surface area contributed by atoms with Crippen molar-refractivity contribution in [3.63, 3.8) is 0 Å². The van der Waals surface area contributed by atoms with Crippen molar-refractivity contribution >= 4 is 22.6 Å². The normalized spacial score (nSPS) is 12.6. The van der Waals surface area contributed by atoms with Crippen LogP contribution in [0.3, 0.4) is 0 Å². The van der Waals surface area contributed by atoms with Crippen molar-refractivity contribution in [1.29, 1.82) is 0 Å². The van der Waals surface area contributed by atoms with E-state index in [-0.39, 0.29) is 6.04 Å². The molecule has 1 aromatic carbocycles. The van der Waals surface area contributed by atoms with Gasteiger partial charge < -0.3 is 10.3 Å². The van der Waals surface area contributed by atoms with Gasteiger partial charge in [-0.05, 0) is 58.3 Å². The van der Waals surface area contributed by atoms with Crippen molar-refractivity contribution in [3.05, 3.63) is 57.4 Å². The first kappa shape index (κ1) is 12.6. The Hall–Kier alpha value is -0.810. The molecule has 1 atom stereocenters. The van der Waals surface area contributed by atoms with Crippen LogP contribution in [0.15, 0.2) is 42.7 Å². The molecule has 0 spiro atoms. The van der Waals surface area contributed by atoms with E-state index in [0.29, 0.717) is 0 Å². The summed E-state index contributed by atoms with van der Waals surface area (Å²) < 4.78 is 3.46. The first-order valence-electron chi connectivity index (χ1n) is 5.84. The van der Waals surface area contributed by atoms with Gasteiger partial charge >= 0.3 is 0 Å². The third-order valence-electron chi connectivity index (χ3n) is 2.92. The minimum atomic E-state index is 0.160. The SMILES string of the molecule is CCC(N)c1ccn(Cc2ccc(I)cc2)c1. The van der Waals surface area contributed by atoms with Gasteiger partial charge in [0.15, 0.2) is 0 Å². The summed E-state index contributed by atoms with van der Waals surface area (Å²) in [4.78, 5) is 0. The highest BCUT2D eigenvalue weighted by atomic mass is 127. The highest BCUT2D eigenvalue weighted by molar-refractivity contribution is 14.1. The molecule has 0 saturated heterocycles. The molecular weight excluding hydrogens is 323 g/mol. The lowest BCUT2D eigenvalue weighted by Gasteiger charge is -2.06. The van der Waals surface area contributed by atoms with E-state index in [2.05, 4.69) is 76.8 Å². The lowest BCUT2D eigenvalue weighted by molar-refractivity contribution is 0.693. The molecule has 0 aliphatic heterocycles. The van der Waals surface area contributed by atoms with Crippen molar-refractivity contribution in [2.24, 2.45) is 5.73 Å². The van der Waals surface area contributed by atoms with Crippen LogP contribution in [0, 0.1) is 3.57 Å². The summed E-state index contributed by atoms with van der Waals surface area (Å²) in [7, 11) is 0.